The number of nitrogens with one attached hydrogen (secondary N) is 2. The highest BCUT2D eigenvalue weighted by atomic mass is 32.2. The van der Waals surface area contributed by atoms with Crippen molar-refractivity contribution >= 4 is 44.6 Å². The number of halogens is 1. The maximum Gasteiger partial charge on any atom is 0.271 e. The number of primary amides is 1. The van der Waals surface area contributed by atoms with Crippen LogP contribution < -0.4 is 20.8 Å². The normalized spacial score (nSPS) is 16.2. The molecule has 30 heavy (non-hydrogen) atoms. The lowest BCUT2D eigenvalue weighted by Gasteiger charge is -2.20. The number of rotatable bonds is 6. The molecule has 11 heteroatoms. The van der Waals surface area contributed by atoms with Crippen LogP contribution in [-0.4, -0.2) is 38.2 Å². The zero-order valence-electron chi connectivity index (χ0n) is 16.2. The number of hydrogen-bond acceptors (Lipinski definition) is 6. The lowest BCUT2D eigenvalue weighted by molar-refractivity contribution is -0.119. The Morgan fingerprint density at radius 2 is 1.87 bits per heavy atom. The standard InChI is InChI=1S/C19H20FN5O4S/c1-11-3-6-13(9-15(11)24-30(2,28)29)22-19(27)16-10-17(18(21)26)25(23-16)14-7-4-12(20)5-8-14/h3-9,17,24H,10H2,1-2H3,(H2,21,26)(H,22,27). The fraction of sp³-hybridized carbons (Fsp3) is 0.211. The van der Waals surface area contributed by atoms with Crippen molar-refractivity contribution in [3.8, 4) is 0 Å². The third-order valence-corrected chi connectivity index (χ3v) is 4.97. The quantitative estimate of drug-likeness (QED) is 0.636. The molecule has 0 bridgehead atoms. The third kappa shape index (κ3) is 4.92. The van der Waals surface area contributed by atoms with E-state index in [1.54, 1.807) is 19.1 Å². The number of anilines is 3. The molecular weight excluding hydrogens is 413 g/mol. The molecule has 3 rings (SSSR count). The van der Waals surface area contributed by atoms with Crippen LogP contribution in [0.25, 0.3) is 0 Å². The molecule has 158 valence electrons. The topological polar surface area (TPSA) is 134 Å². The van der Waals surface area contributed by atoms with Crippen LogP contribution in [0.3, 0.4) is 0 Å². The van der Waals surface area contributed by atoms with Gasteiger partial charge in [0.25, 0.3) is 5.91 Å². The van der Waals surface area contributed by atoms with Gasteiger partial charge in [-0.05, 0) is 48.9 Å². The molecule has 0 spiro atoms. The van der Waals surface area contributed by atoms with Gasteiger partial charge in [0.1, 0.15) is 17.6 Å². The summed E-state index contributed by atoms with van der Waals surface area (Å²) in [6.07, 6.45) is 0.998. The van der Waals surface area contributed by atoms with E-state index in [1.807, 2.05) is 0 Å². The lowest BCUT2D eigenvalue weighted by atomic mass is 10.1. The van der Waals surface area contributed by atoms with Gasteiger partial charge in [-0.15, -0.1) is 0 Å². The summed E-state index contributed by atoms with van der Waals surface area (Å²) < 4.78 is 38.6. The lowest BCUT2D eigenvalue weighted by Crippen LogP contribution is -2.39. The molecule has 2 amide bonds. The molecule has 0 radical (unpaired) electrons. The van der Waals surface area contributed by atoms with Crippen LogP contribution in [0.4, 0.5) is 21.5 Å². The predicted molar refractivity (Wildman–Crippen MR) is 112 cm³/mol. The Labute approximate surface area is 172 Å². The molecule has 1 aliphatic heterocycles. The highest BCUT2D eigenvalue weighted by molar-refractivity contribution is 7.92. The molecule has 1 unspecified atom stereocenters. The summed E-state index contributed by atoms with van der Waals surface area (Å²) in [5.41, 5.74) is 7.25. The number of hydrazone groups is 1. The van der Waals surface area contributed by atoms with Crippen LogP contribution in [0.5, 0.6) is 0 Å². The van der Waals surface area contributed by atoms with Gasteiger partial charge < -0.3 is 11.1 Å². The van der Waals surface area contributed by atoms with Crippen LogP contribution in [-0.2, 0) is 19.6 Å². The Morgan fingerprint density at radius 1 is 1.20 bits per heavy atom. The summed E-state index contributed by atoms with van der Waals surface area (Å²) in [5, 5.41) is 8.10. The van der Waals surface area contributed by atoms with E-state index in [2.05, 4.69) is 15.1 Å². The first-order chi connectivity index (χ1) is 14.0. The number of hydrogen-bond donors (Lipinski definition) is 3. The molecule has 0 fully saturated rings. The third-order valence-electron chi connectivity index (χ3n) is 4.38. The van der Waals surface area contributed by atoms with E-state index < -0.39 is 33.7 Å². The molecule has 0 aliphatic carbocycles. The van der Waals surface area contributed by atoms with Crippen molar-refractivity contribution in [3.63, 3.8) is 0 Å². The van der Waals surface area contributed by atoms with Crippen LogP contribution in [0.2, 0.25) is 0 Å². The fourth-order valence-corrected chi connectivity index (χ4v) is 3.53. The Hall–Kier alpha value is -3.47. The second-order valence-electron chi connectivity index (χ2n) is 6.85. The van der Waals surface area contributed by atoms with Gasteiger partial charge in [0.15, 0.2) is 0 Å². The van der Waals surface area contributed by atoms with Gasteiger partial charge in [-0.1, -0.05) is 6.07 Å². The minimum Gasteiger partial charge on any atom is -0.368 e. The minimum absolute atomic E-state index is 0.0289. The number of carbonyl (C=O) groups excluding carboxylic acids is 2. The smallest absolute Gasteiger partial charge is 0.271 e. The molecule has 0 aromatic heterocycles. The van der Waals surface area contributed by atoms with E-state index in [9.17, 15) is 22.4 Å². The number of nitrogens with two attached hydrogens (primary N) is 1. The molecule has 2 aromatic rings. The first-order valence-corrected chi connectivity index (χ1v) is 10.7. The molecule has 9 nitrogen and oxygen atoms in total. The zero-order valence-corrected chi connectivity index (χ0v) is 17.0. The monoisotopic (exact) mass is 433 g/mol. The molecule has 1 aliphatic rings. The molecule has 1 atom stereocenters. The van der Waals surface area contributed by atoms with Gasteiger partial charge in [-0.2, -0.15) is 5.10 Å². The molecule has 1 heterocycles. The summed E-state index contributed by atoms with van der Waals surface area (Å²) in [6.45, 7) is 1.72. The number of benzene rings is 2. The van der Waals surface area contributed by atoms with E-state index in [1.165, 1.54) is 35.3 Å². The number of aryl methyl sites for hydroxylation is 1. The van der Waals surface area contributed by atoms with Crippen molar-refractivity contribution in [2.75, 3.05) is 21.3 Å². The summed E-state index contributed by atoms with van der Waals surface area (Å²) in [4.78, 5) is 24.5. The van der Waals surface area contributed by atoms with E-state index in [0.29, 0.717) is 22.6 Å². The van der Waals surface area contributed by atoms with Gasteiger partial charge in [-0.3, -0.25) is 19.3 Å². The Kier molecular flexibility index (Phi) is 5.74. The summed E-state index contributed by atoms with van der Waals surface area (Å²) in [6, 6.07) is 9.13. The maximum atomic E-state index is 13.2. The van der Waals surface area contributed by atoms with Gasteiger partial charge in [0.05, 0.1) is 17.6 Å². The number of nitrogens with zero attached hydrogens (tertiary/aromatic N) is 2. The number of carbonyl (C=O) groups is 2. The average molecular weight is 433 g/mol. The maximum absolute atomic E-state index is 13.2. The van der Waals surface area contributed by atoms with Crippen molar-refractivity contribution in [3.05, 3.63) is 53.8 Å². The zero-order chi connectivity index (χ0) is 22.1. The largest absolute Gasteiger partial charge is 0.368 e. The van der Waals surface area contributed by atoms with Crippen molar-refractivity contribution < 1.29 is 22.4 Å². The van der Waals surface area contributed by atoms with Crippen LogP contribution in [0.1, 0.15) is 12.0 Å². The Balaban J connectivity index is 1.83. The van der Waals surface area contributed by atoms with Gasteiger partial charge in [-0.25, -0.2) is 12.8 Å². The summed E-state index contributed by atoms with van der Waals surface area (Å²) >= 11 is 0. The number of sulfonamides is 1. The van der Waals surface area contributed by atoms with Gasteiger partial charge in [0.2, 0.25) is 15.9 Å². The van der Waals surface area contributed by atoms with Crippen molar-refractivity contribution in [1.82, 2.24) is 0 Å². The number of amides is 2. The van der Waals surface area contributed by atoms with Gasteiger partial charge >= 0.3 is 0 Å². The van der Waals surface area contributed by atoms with Crippen LogP contribution in [0, 0.1) is 12.7 Å². The molecular formula is C19H20FN5O4S. The highest BCUT2D eigenvalue weighted by Gasteiger charge is 2.35. The van der Waals surface area contributed by atoms with Crippen molar-refractivity contribution in [1.29, 1.82) is 0 Å². The first-order valence-electron chi connectivity index (χ1n) is 8.85. The molecule has 4 N–H and O–H groups in total. The SMILES string of the molecule is Cc1ccc(NC(=O)C2=NN(c3ccc(F)cc3)C(C(N)=O)C2)cc1NS(C)(=O)=O. The predicted octanol–water partition coefficient (Wildman–Crippen LogP) is 1.56. The van der Waals surface area contributed by atoms with Crippen LogP contribution >= 0.6 is 0 Å². The van der Waals surface area contributed by atoms with Crippen molar-refractivity contribution in [2.24, 2.45) is 10.8 Å². The average Bonchev–Trinajstić information content (AvgIpc) is 3.10. The van der Waals surface area contributed by atoms with E-state index >= 15 is 0 Å². The van der Waals surface area contributed by atoms with Crippen LogP contribution in [0.15, 0.2) is 47.6 Å². The Bertz CT molecular complexity index is 1130. The minimum atomic E-state index is -3.49. The second-order valence-corrected chi connectivity index (χ2v) is 8.60. The second kappa shape index (κ2) is 8.11. The molecule has 0 saturated heterocycles. The first kappa shape index (κ1) is 21.2. The fourth-order valence-electron chi connectivity index (χ4n) is 2.91. The molecule has 0 saturated carbocycles. The summed E-state index contributed by atoms with van der Waals surface area (Å²) in [5.74, 6) is -1.70. The van der Waals surface area contributed by atoms with Gasteiger partial charge in [0, 0.05) is 12.1 Å². The van der Waals surface area contributed by atoms with E-state index in [0.717, 1.165) is 6.26 Å². The highest BCUT2D eigenvalue weighted by Crippen LogP contribution is 2.26. The summed E-state index contributed by atoms with van der Waals surface area (Å²) in [7, 11) is -3.49. The van der Waals surface area contributed by atoms with Crippen molar-refractivity contribution in [2.45, 2.75) is 19.4 Å². The Morgan fingerprint density at radius 3 is 2.47 bits per heavy atom. The van der Waals surface area contributed by atoms with E-state index in [4.69, 9.17) is 5.73 Å². The van der Waals surface area contributed by atoms with E-state index in [-0.39, 0.29) is 12.1 Å². The molecule has 2 aromatic carbocycles.